The number of likely N-dealkylation sites (tertiary alicyclic amines) is 1. The van der Waals surface area contributed by atoms with Crippen molar-refractivity contribution < 1.29 is 4.79 Å². The second-order valence-electron chi connectivity index (χ2n) is 9.62. The van der Waals surface area contributed by atoms with Gasteiger partial charge < -0.3 is 15.5 Å². The Hall–Kier alpha value is -3.62. The number of carbonyl (C=O) groups is 1. The lowest BCUT2D eigenvalue weighted by Crippen LogP contribution is -2.44. The molecule has 1 fully saturated rings. The minimum Gasteiger partial charge on any atom is -0.396 e. The molecule has 184 valence electrons. The third kappa shape index (κ3) is 5.55. The number of hydrazine groups is 1. The summed E-state index contributed by atoms with van der Waals surface area (Å²) in [7, 11) is 4.19. The van der Waals surface area contributed by atoms with Gasteiger partial charge in [-0.05, 0) is 82.7 Å². The van der Waals surface area contributed by atoms with Crippen LogP contribution in [-0.4, -0.2) is 59.1 Å². The average molecular weight is 474 g/mol. The molecular formula is C27H35N7O. The number of piperidine rings is 1. The number of hydrogen-bond donors (Lipinski definition) is 3. The van der Waals surface area contributed by atoms with E-state index in [0.29, 0.717) is 23.0 Å². The lowest BCUT2D eigenvalue weighted by molar-refractivity contribution is 0.0663. The molecule has 0 unspecified atom stereocenters. The van der Waals surface area contributed by atoms with E-state index in [2.05, 4.69) is 55.2 Å². The smallest absolute Gasteiger partial charge is 0.253 e. The van der Waals surface area contributed by atoms with Gasteiger partial charge in [0.15, 0.2) is 0 Å². The summed E-state index contributed by atoms with van der Waals surface area (Å²) in [4.78, 5) is 17.1. The van der Waals surface area contributed by atoms with Gasteiger partial charge in [0.1, 0.15) is 5.69 Å². The highest BCUT2D eigenvalue weighted by Crippen LogP contribution is 2.24. The average Bonchev–Trinajstić information content (AvgIpc) is 3.26. The maximum Gasteiger partial charge on any atom is 0.253 e. The zero-order valence-electron chi connectivity index (χ0n) is 21.0. The van der Waals surface area contributed by atoms with Crippen LogP contribution >= 0.6 is 0 Å². The predicted octanol–water partition coefficient (Wildman–Crippen LogP) is 3.79. The van der Waals surface area contributed by atoms with Crippen molar-refractivity contribution in [2.45, 2.75) is 32.7 Å². The van der Waals surface area contributed by atoms with Crippen molar-refractivity contribution >= 4 is 34.3 Å². The number of H-pyrrole nitrogens is 1. The van der Waals surface area contributed by atoms with Crippen molar-refractivity contribution in [2.24, 2.45) is 11.6 Å². The predicted molar refractivity (Wildman–Crippen MR) is 143 cm³/mol. The van der Waals surface area contributed by atoms with E-state index in [4.69, 9.17) is 11.6 Å². The molecule has 1 aromatic heterocycles. The van der Waals surface area contributed by atoms with Crippen LogP contribution in [0.15, 0.2) is 54.2 Å². The summed E-state index contributed by atoms with van der Waals surface area (Å²) in [5.74, 6) is 6.34. The molecule has 5 N–H and O–H groups in total. The van der Waals surface area contributed by atoms with Gasteiger partial charge in [0, 0.05) is 36.3 Å². The van der Waals surface area contributed by atoms with Crippen LogP contribution in [0.25, 0.3) is 22.7 Å². The van der Waals surface area contributed by atoms with Crippen LogP contribution < -0.4 is 16.6 Å². The Kier molecular flexibility index (Phi) is 7.23. The van der Waals surface area contributed by atoms with Crippen molar-refractivity contribution in [3.8, 4) is 0 Å². The topological polar surface area (TPSA) is 108 Å². The van der Waals surface area contributed by atoms with Crippen LogP contribution in [0, 0.1) is 0 Å². The number of carbonyl (C=O) groups excluding carboxylic acids is 1. The number of nitrogens with two attached hydrogens (primary N) is 2. The third-order valence-corrected chi connectivity index (χ3v) is 6.49. The molecule has 1 amide bonds. The molecule has 35 heavy (non-hydrogen) atoms. The number of anilines is 1. The summed E-state index contributed by atoms with van der Waals surface area (Å²) >= 11 is 0. The zero-order valence-corrected chi connectivity index (χ0v) is 21.0. The summed E-state index contributed by atoms with van der Waals surface area (Å²) in [5.41, 5.74) is 12.1. The Balaban J connectivity index is 1.47. The van der Waals surface area contributed by atoms with E-state index >= 15 is 0 Å². The normalized spacial score (nSPS) is 15.0. The van der Waals surface area contributed by atoms with Crippen LogP contribution in [0.5, 0.6) is 0 Å². The van der Waals surface area contributed by atoms with Crippen molar-refractivity contribution in [1.82, 2.24) is 20.0 Å². The van der Waals surface area contributed by atoms with Gasteiger partial charge in [-0.2, -0.15) is 5.10 Å². The summed E-state index contributed by atoms with van der Waals surface area (Å²) in [6, 6.07) is 13.9. The summed E-state index contributed by atoms with van der Waals surface area (Å²) in [6.45, 7) is 5.68. The molecule has 0 radical (unpaired) electrons. The number of aromatic amines is 1. The van der Waals surface area contributed by atoms with Crippen LogP contribution in [-0.2, 0) is 0 Å². The molecule has 8 heteroatoms. The lowest BCUT2D eigenvalue weighted by atomic mass is 10.0. The molecule has 1 saturated heterocycles. The maximum atomic E-state index is 12.9. The molecule has 0 bridgehead atoms. The largest absolute Gasteiger partial charge is 0.396 e. The number of aromatic nitrogens is 2. The molecule has 0 atom stereocenters. The molecule has 3 aromatic rings. The minimum absolute atomic E-state index is 0.0579. The molecular weight excluding hydrogens is 438 g/mol. The second-order valence-corrected chi connectivity index (χ2v) is 9.62. The molecule has 1 aliphatic heterocycles. The monoisotopic (exact) mass is 473 g/mol. The van der Waals surface area contributed by atoms with E-state index in [9.17, 15) is 4.79 Å². The molecule has 1 aliphatic rings. The van der Waals surface area contributed by atoms with E-state index in [1.165, 1.54) is 10.6 Å². The number of nitrogens with one attached hydrogen (secondary N) is 1. The SMILES string of the molecule is CC(C)=Cc1ccc2[nH]nc(/C(N)=C/N(N)c3ccc(C(=O)N4CCC(N(C)C)CC4)cc3)c2c1. The van der Waals surface area contributed by atoms with Gasteiger partial charge in [0.2, 0.25) is 0 Å². The Labute approximate surface area is 206 Å². The van der Waals surface area contributed by atoms with Gasteiger partial charge >= 0.3 is 0 Å². The van der Waals surface area contributed by atoms with Crippen LogP contribution in [0.1, 0.15) is 48.3 Å². The minimum atomic E-state index is 0.0579. The van der Waals surface area contributed by atoms with Crippen molar-refractivity contribution in [2.75, 3.05) is 32.2 Å². The van der Waals surface area contributed by atoms with Crippen molar-refractivity contribution in [3.63, 3.8) is 0 Å². The summed E-state index contributed by atoms with van der Waals surface area (Å²) in [5, 5.41) is 9.80. The molecule has 0 aliphatic carbocycles. The second kappa shape index (κ2) is 10.3. The number of hydrogen-bond acceptors (Lipinski definition) is 6. The molecule has 2 aromatic carbocycles. The van der Waals surface area contributed by atoms with Gasteiger partial charge in [-0.25, -0.2) is 5.84 Å². The summed E-state index contributed by atoms with van der Waals surface area (Å²) < 4.78 is 0. The Morgan fingerprint density at radius 2 is 1.80 bits per heavy atom. The molecule has 2 heterocycles. The maximum absolute atomic E-state index is 12.9. The fraction of sp³-hybridized carbons (Fsp3) is 0.333. The summed E-state index contributed by atoms with van der Waals surface area (Å²) in [6.07, 6.45) is 5.75. The van der Waals surface area contributed by atoms with Gasteiger partial charge in [-0.1, -0.05) is 17.7 Å². The van der Waals surface area contributed by atoms with Gasteiger partial charge in [0.25, 0.3) is 5.91 Å². The third-order valence-electron chi connectivity index (χ3n) is 6.49. The van der Waals surface area contributed by atoms with E-state index in [-0.39, 0.29) is 5.91 Å². The fourth-order valence-corrected chi connectivity index (χ4v) is 4.50. The van der Waals surface area contributed by atoms with E-state index < -0.39 is 0 Å². The number of benzene rings is 2. The highest BCUT2D eigenvalue weighted by atomic mass is 16.2. The first kappa shape index (κ1) is 24.5. The van der Waals surface area contributed by atoms with Crippen molar-refractivity contribution in [1.29, 1.82) is 0 Å². The Morgan fingerprint density at radius 3 is 2.43 bits per heavy atom. The molecule has 4 rings (SSSR count). The molecule has 0 spiro atoms. The van der Waals surface area contributed by atoms with Crippen LogP contribution in [0.3, 0.4) is 0 Å². The Bertz CT molecular complexity index is 1240. The molecule has 8 nitrogen and oxygen atoms in total. The van der Waals surface area contributed by atoms with Crippen LogP contribution in [0.2, 0.25) is 0 Å². The number of amides is 1. The van der Waals surface area contributed by atoms with Crippen molar-refractivity contribution in [3.05, 3.63) is 71.1 Å². The number of fused-ring (bicyclic) bond motifs is 1. The van der Waals surface area contributed by atoms with Gasteiger partial charge in [0.05, 0.1) is 16.9 Å². The molecule has 0 saturated carbocycles. The highest BCUT2D eigenvalue weighted by Gasteiger charge is 2.24. The number of rotatable bonds is 6. The van der Waals surface area contributed by atoms with Gasteiger partial charge in [-0.15, -0.1) is 0 Å². The van der Waals surface area contributed by atoms with Gasteiger partial charge in [-0.3, -0.25) is 14.9 Å². The number of nitrogens with zero attached hydrogens (tertiary/aromatic N) is 4. The highest BCUT2D eigenvalue weighted by molar-refractivity contribution is 5.95. The quantitative estimate of drug-likeness (QED) is 0.371. The van der Waals surface area contributed by atoms with Crippen LogP contribution in [0.4, 0.5) is 5.69 Å². The van der Waals surface area contributed by atoms with E-state index in [1.54, 1.807) is 6.20 Å². The fourth-order valence-electron chi connectivity index (χ4n) is 4.50. The first-order chi connectivity index (χ1) is 16.7. The van der Waals surface area contributed by atoms with E-state index in [0.717, 1.165) is 48.1 Å². The number of allylic oxidation sites excluding steroid dienone is 1. The first-order valence-electron chi connectivity index (χ1n) is 11.9. The standard InChI is InChI=1S/C27H35N7O/c1-18(2)15-19-5-10-25-23(16-19)26(31-30-25)24(28)17-34(29)22-8-6-20(7-9-22)27(35)33-13-11-21(12-14-33)32(3)4/h5-10,15-17,21H,11-14,28-29H2,1-4H3,(H,30,31)/b24-17-. The Morgan fingerprint density at radius 1 is 1.11 bits per heavy atom. The van der Waals surface area contributed by atoms with E-state index in [1.807, 2.05) is 41.3 Å². The zero-order chi connectivity index (χ0) is 25.1. The lowest BCUT2D eigenvalue weighted by Gasteiger charge is -2.35. The first-order valence-corrected chi connectivity index (χ1v) is 11.9.